The number of alkyl halides is 1. The van der Waals surface area contributed by atoms with E-state index in [-0.39, 0.29) is 5.38 Å². The minimum absolute atomic E-state index is 0.116. The molecule has 11 heteroatoms. The van der Waals surface area contributed by atoms with Crippen LogP contribution in [0.1, 0.15) is 0 Å². The van der Waals surface area contributed by atoms with E-state index in [0.717, 1.165) is 0 Å². The number of pyridine rings is 1. The Balaban J connectivity index is 2.10. The number of nitroso groups, excluding NO2 is 1. The number of amides is 1. The molecule has 26 heavy (non-hydrogen) atoms. The average molecular weight is 387 g/mol. The van der Waals surface area contributed by atoms with E-state index >= 15 is 0 Å². The molecule has 1 saturated heterocycles. The van der Waals surface area contributed by atoms with Crippen LogP contribution < -0.4 is 26.4 Å². The highest BCUT2D eigenvalue weighted by molar-refractivity contribution is 6.21. The Hall–Kier alpha value is -1.85. The Bertz CT molecular complexity index is 599. The number of aromatic nitrogens is 1. The first-order valence-electron chi connectivity index (χ1n) is 8.12. The molecule has 0 aromatic carbocycles. The summed E-state index contributed by atoms with van der Waals surface area (Å²) in [5, 5.41) is 11.5. The lowest BCUT2D eigenvalue weighted by Crippen LogP contribution is -2.62. The lowest BCUT2D eigenvalue weighted by molar-refractivity contribution is -0.121. The van der Waals surface area contributed by atoms with Gasteiger partial charge in [-0.3, -0.25) is 20.4 Å². The van der Waals surface area contributed by atoms with Gasteiger partial charge < -0.3 is 20.5 Å². The molecule has 10 nitrogen and oxygen atoms in total. The van der Waals surface area contributed by atoms with Crippen molar-refractivity contribution in [1.29, 1.82) is 0 Å². The molecule has 1 aliphatic rings. The van der Waals surface area contributed by atoms with Crippen LogP contribution in [0.25, 0.3) is 0 Å². The molecule has 0 saturated carbocycles. The lowest BCUT2D eigenvalue weighted by Gasteiger charge is -2.34. The van der Waals surface area contributed by atoms with Gasteiger partial charge >= 0.3 is 0 Å². The van der Waals surface area contributed by atoms with Crippen LogP contribution in [0.5, 0.6) is 5.75 Å². The molecule has 2 atom stereocenters. The number of nitrogens with one attached hydrogen (secondary N) is 3. The van der Waals surface area contributed by atoms with Crippen molar-refractivity contribution < 1.29 is 14.3 Å². The number of anilines is 1. The number of ether oxygens (including phenoxy) is 2. The fraction of sp³-hybridized carbons (Fsp3) is 0.600. The van der Waals surface area contributed by atoms with Crippen molar-refractivity contribution in [3.05, 3.63) is 23.4 Å². The van der Waals surface area contributed by atoms with Gasteiger partial charge in [-0.15, -0.1) is 16.5 Å². The number of hydrogen-bond donors (Lipinski definition) is 4. The summed E-state index contributed by atoms with van der Waals surface area (Å²) in [4.78, 5) is 27.7. The highest BCUT2D eigenvalue weighted by Crippen LogP contribution is 2.24. The number of carbonyl (C=O) groups excluding carboxylic acids is 1. The van der Waals surface area contributed by atoms with E-state index in [1.165, 1.54) is 6.20 Å². The quantitative estimate of drug-likeness (QED) is 0.261. The molecule has 5 N–H and O–H groups in total. The van der Waals surface area contributed by atoms with Crippen molar-refractivity contribution in [3.8, 4) is 5.75 Å². The summed E-state index contributed by atoms with van der Waals surface area (Å²) in [6, 6.07) is 1.62. The molecule has 1 aromatic heterocycles. The maximum absolute atomic E-state index is 12.8. The number of carbonyl (C=O) groups is 1. The van der Waals surface area contributed by atoms with Gasteiger partial charge in [0.05, 0.1) is 24.3 Å². The average Bonchev–Trinajstić information content (AvgIpc) is 2.65. The van der Waals surface area contributed by atoms with Gasteiger partial charge in [0.25, 0.3) is 0 Å². The number of halogens is 1. The highest BCUT2D eigenvalue weighted by Gasteiger charge is 2.37. The van der Waals surface area contributed by atoms with E-state index in [1.807, 2.05) is 0 Å². The minimum Gasteiger partial charge on any atom is -0.489 e. The maximum atomic E-state index is 12.8. The van der Waals surface area contributed by atoms with Crippen molar-refractivity contribution in [2.75, 3.05) is 38.7 Å². The molecule has 2 rings (SSSR count). The normalized spacial score (nSPS) is 22.3. The van der Waals surface area contributed by atoms with E-state index in [1.54, 1.807) is 19.4 Å². The zero-order chi connectivity index (χ0) is 18.9. The number of methoxy groups -OCH3 is 1. The summed E-state index contributed by atoms with van der Waals surface area (Å²) in [5.74, 6) is -0.995. The molecule has 1 aromatic rings. The Morgan fingerprint density at radius 3 is 2.88 bits per heavy atom. The smallest absolute Gasteiger partial charge is 0.234 e. The van der Waals surface area contributed by atoms with Crippen LogP contribution in [-0.2, 0) is 9.53 Å². The van der Waals surface area contributed by atoms with Gasteiger partial charge in [0.1, 0.15) is 24.0 Å². The topological polar surface area (TPSA) is 140 Å². The Labute approximate surface area is 156 Å². The van der Waals surface area contributed by atoms with Crippen LogP contribution in [0.15, 0.2) is 23.6 Å². The van der Waals surface area contributed by atoms with Gasteiger partial charge in [-0.2, -0.15) is 0 Å². The standard InChI is InChI=1S/C15H23ClN6O4/c1-25-4-5-26-11-2-3-18-8-10(11)21-15(23)12(13(17)22-24)14-19-6-9(16)7-20-14/h2-3,8-9,12-14,19-20H,4-7,17H2,1H3,(H,21,23). The van der Waals surface area contributed by atoms with Gasteiger partial charge in [0.2, 0.25) is 5.91 Å². The number of rotatable bonds is 9. The summed E-state index contributed by atoms with van der Waals surface area (Å²) in [7, 11) is 1.56. The third kappa shape index (κ3) is 5.58. The van der Waals surface area contributed by atoms with E-state index < -0.39 is 24.2 Å². The van der Waals surface area contributed by atoms with Crippen molar-refractivity contribution >= 4 is 23.2 Å². The van der Waals surface area contributed by atoms with Gasteiger partial charge in [0.15, 0.2) is 6.17 Å². The predicted octanol–water partition coefficient (Wildman–Crippen LogP) is -0.161. The monoisotopic (exact) mass is 386 g/mol. The third-order valence-corrected chi connectivity index (χ3v) is 4.16. The van der Waals surface area contributed by atoms with Crippen LogP contribution in [-0.4, -0.2) is 62.0 Å². The Kier molecular flexibility index (Phi) is 8.13. The van der Waals surface area contributed by atoms with Crippen molar-refractivity contribution in [1.82, 2.24) is 15.6 Å². The second kappa shape index (κ2) is 10.3. The van der Waals surface area contributed by atoms with E-state index in [9.17, 15) is 9.70 Å². The first-order chi connectivity index (χ1) is 12.6. The van der Waals surface area contributed by atoms with Gasteiger partial charge in [-0.25, -0.2) is 0 Å². The second-order valence-corrected chi connectivity index (χ2v) is 6.33. The summed E-state index contributed by atoms with van der Waals surface area (Å²) in [5.41, 5.74) is 6.12. The molecule has 0 aliphatic carbocycles. The van der Waals surface area contributed by atoms with Crippen molar-refractivity contribution in [2.45, 2.75) is 17.7 Å². The van der Waals surface area contributed by atoms with Gasteiger partial charge in [0, 0.05) is 32.5 Å². The minimum atomic E-state index is -1.23. The molecule has 2 heterocycles. The zero-order valence-electron chi connectivity index (χ0n) is 14.4. The molecular weight excluding hydrogens is 364 g/mol. The fourth-order valence-corrected chi connectivity index (χ4v) is 2.71. The molecule has 0 spiro atoms. The highest BCUT2D eigenvalue weighted by atomic mass is 35.5. The van der Waals surface area contributed by atoms with Crippen LogP contribution in [0.3, 0.4) is 0 Å². The summed E-state index contributed by atoms with van der Waals surface area (Å²) in [6.45, 7) is 1.67. The van der Waals surface area contributed by atoms with E-state index in [0.29, 0.717) is 37.7 Å². The fourth-order valence-electron chi connectivity index (χ4n) is 2.53. The first-order valence-corrected chi connectivity index (χ1v) is 8.56. The molecule has 0 radical (unpaired) electrons. The number of hydrogen-bond acceptors (Lipinski definition) is 9. The van der Waals surface area contributed by atoms with E-state index in [2.05, 4.69) is 26.1 Å². The molecule has 1 aliphatic heterocycles. The molecule has 1 amide bonds. The molecule has 2 unspecified atom stereocenters. The van der Waals surface area contributed by atoms with Crippen LogP contribution in [0.2, 0.25) is 0 Å². The molecule has 144 valence electrons. The lowest BCUT2D eigenvalue weighted by atomic mass is 10.00. The number of nitrogens with two attached hydrogens (primary N) is 1. The predicted molar refractivity (Wildman–Crippen MR) is 96.9 cm³/mol. The van der Waals surface area contributed by atoms with Crippen LogP contribution in [0, 0.1) is 10.8 Å². The Morgan fingerprint density at radius 2 is 2.23 bits per heavy atom. The SMILES string of the molecule is COCCOc1ccncc1NC(=O)C(C(N)N=O)C1NCC(Cl)CN1. The molecule has 0 bridgehead atoms. The van der Waals surface area contributed by atoms with Crippen molar-refractivity contribution in [2.24, 2.45) is 16.8 Å². The largest absolute Gasteiger partial charge is 0.489 e. The first kappa shape index (κ1) is 20.5. The van der Waals surface area contributed by atoms with Crippen LogP contribution in [0.4, 0.5) is 5.69 Å². The summed E-state index contributed by atoms with van der Waals surface area (Å²) < 4.78 is 10.5. The zero-order valence-corrected chi connectivity index (χ0v) is 15.1. The number of nitrogens with zero attached hydrogens (tertiary/aromatic N) is 2. The molecule has 1 fully saturated rings. The van der Waals surface area contributed by atoms with Gasteiger partial charge in [-0.05, 0) is 0 Å². The third-order valence-electron chi connectivity index (χ3n) is 3.85. The maximum Gasteiger partial charge on any atom is 0.234 e. The van der Waals surface area contributed by atoms with Crippen LogP contribution >= 0.6 is 11.6 Å². The van der Waals surface area contributed by atoms with Crippen molar-refractivity contribution in [3.63, 3.8) is 0 Å². The second-order valence-electron chi connectivity index (χ2n) is 5.72. The van der Waals surface area contributed by atoms with Gasteiger partial charge in [-0.1, -0.05) is 5.18 Å². The Morgan fingerprint density at radius 1 is 1.50 bits per heavy atom. The summed E-state index contributed by atoms with van der Waals surface area (Å²) in [6.07, 6.45) is 1.22. The summed E-state index contributed by atoms with van der Waals surface area (Å²) >= 11 is 6.01. The molecular formula is C15H23ClN6O4. The van der Waals surface area contributed by atoms with E-state index in [4.69, 9.17) is 26.8 Å².